The van der Waals surface area contributed by atoms with Crippen LogP contribution in [0.2, 0.25) is 0 Å². The van der Waals surface area contributed by atoms with Gasteiger partial charge >= 0.3 is 0 Å². The molecule has 7 heteroatoms. The monoisotopic (exact) mass is 514 g/mol. The molecule has 3 rings (SSSR count). The third-order valence-electron chi connectivity index (χ3n) is 9.06. The second kappa shape index (κ2) is 14.8. The maximum Gasteiger partial charge on any atom is 0.165 e. The van der Waals surface area contributed by atoms with Crippen molar-refractivity contribution in [3.63, 3.8) is 0 Å². The van der Waals surface area contributed by atoms with Crippen molar-refractivity contribution in [1.82, 2.24) is 0 Å². The van der Waals surface area contributed by atoms with Crippen molar-refractivity contribution in [3.8, 4) is 0 Å². The molecule has 0 N–H and O–H groups in total. The fourth-order valence-electron chi connectivity index (χ4n) is 6.12. The minimum atomic E-state index is -0.146. The first-order valence-electron chi connectivity index (χ1n) is 14.7. The molecule has 3 aliphatic heterocycles. The van der Waals surface area contributed by atoms with Crippen LogP contribution in [0.5, 0.6) is 0 Å². The van der Waals surface area contributed by atoms with Gasteiger partial charge in [0.15, 0.2) is 6.29 Å². The molecule has 0 radical (unpaired) electrons. The molecule has 6 atom stereocenters. The van der Waals surface area contributed by atoms with Crippen LogP contribution in [0.25, 0.3) is 0 Å². The molecule has 206 valence electrons. The lowest BCUT2D eigenvalue weighted by Gasteiger charge is -2.63. The Kier molecular flexibility index (Phi) is 12.5. The van der Waals surface area contributed by atoms with E-state index >= 15 is 0 Å². The van der Waals surface area contributed by atoms with Crippen LogP contribution >= 0.6 is 0 Å². The van der Waals surface area contributed by atoms with Gasteiger partial charge in [0.2, 0.25) is 0 Å². The fourth-order valence-corrected chi connectivity index (χ4v) is 7.42. The second-order valence-corrected chi connectivity index (χ2v) is 12.7. The number of unbranched alkanes of at least 4 members (excludes halogenated alkanes) is 2. The van der Waals surface area contributed by atoms with Crippen LogP contribution < -0.4 is 0 Å². The molecular formula is C28H54O6Si. The Morgan fingerprint density at radius 1 is 0.829 bits per heavy atom. The van der Waals surface area contributed by atoms with Gasteiger partial charge < -0.3 is 28.4 Å². The van der Waals surface area contributed by atoms with Crippen LogP contribution in [0.4, 0.5) is 0 Å². The molecule has 0 aromatic carbocycles. The third kappa shape index (κ3) is 7.30. The van der Waals surface area contributed by atoms with Gasteiger partial charge in [-0.1, -0.05) is 40.0 Å². The topological polar surface area (TPSA) is 55.4 Å². The van der Waals surface area contributed by atoms with E-state index in [1.807, 2.05) is 0 Å². The molecule has 3 aliphatic rings. The van der Waals surface area contributed by atoms with Gasteiger partial charge in [-0.25, -0.2) is 0 Å². The van der Waals surface area contributed by atoms with Crippen molar-refractivity contribution < 1.29 is 28.4 Å². The summed E-state index contributed by atoms with van der Waals surface area (Å²) in [5.41, 5.74) is -0.0215. The maximum atomic E-state index is 6.55. The molecule has 0 saturated carbocycles. The molecule has 0 spiro atoms. The summed E-state index contributed by atoms with van der Waals surface area (Å²) in [5.74, 6) is 1.02. The summed E-state index contributed by atoms with van der Waals surface area (Å²) in [6.07, 6.45) is 12.0. The molecule has 0 amide bonds. The van der Waals surface area contributed by atoms with Crippen LogP contribution in [0.3, 0.4) is 0 Å². The summed E-state index contributed by atoms with van der Waals surface area (Å²) in [7, 11) is 0.996. The van der Waals surface area contributed by atoms with Crippen molar-refractivity contribution in [1.29, 1.82) is 0 Å². The summed E-state index contributed by atoms with van der Waals surface area (Å²) in [6, 6.07) is 0. The number of hydrogen-bond donors (Lipinski definition) is 0. The summed E-state index contributed by atoms with van der Waals surface area (Å²) >= 11 is 0. The van der Waals surface area contributed by atoms with E-state index in [2.05, 4.69) is 27.7 Å². The van der Waals surface area contributed by atoms with Crippen LogP contribution in [0.1, 0.15) is 91.9 Å². The highest BCUT2D eigenvalue weighted by molar-refractivity contribution is 6.15. The zero-order chi connectivity index (χ0) is 25.2. The zero-order valence-corrected chi connectivity index (χ0v) is 25.4. The van der Waals surface area contributed by atoms with E-state index < -0.39 is 0 Å². The lowest BCUT2D eigenvalue weighted by molar-refractivity contribution is -0.381. The first kappa shape index (κ1) is 29.5. The highest BCUT2D eigenvalue weighted by Gasteiger charge is 2.63. The molecule has 0 aromatic heterocycles. The van der Waals surface area contributed by atoms with Crippen molar-refractivity contribution in [3.05, 3.63) is 0 Å². The van der Waals surface area contributed by atoms with Gasteiger partial charge in [0, 0.05) is 55.1 Å². The van der Waals surface area contributed by atoms with Gasteiger partial charge in [0.1, 0.15) is 0 Å². The molecule has 0 aliphatic carbocycles. The summed E-state index contributed by atoms with van der Waals surface area (Å²) in [6.45, 7) is 14.4. The van der Waals surface area contributed by atoms with Gasteiger partial charge in [-0.05, 0) is 51.9 Å². The molecule has 6 nitrogen and oxygen atoms in total. The molecule has 3 saturated heterocycles. The SMILES string of the molecule is CCCCCC1([SiH3])OC(OCC)C1(CCOCC(CC)C1CCO1)CCOCC(CC)C1CCO1. The lowest BCUT2D eigenvalue weighted by Crippen LogP contribution is -2.71. The average Bonchev–Trinajstić information content (AvgIpc) is 2.78. The molecule has 3 heterocycles. The Morgan fingerprint density at radius 3 is 1.77 bits per heavy atom. The first-order chi connectivity index (χ1) is 17.0. The van der Waals surface area contributed by atoms with Gasteiger partial charge in [0.25, 0.3) is 0 Å². The first-order valence-corrected chi connectivity index (χ1v) is 15.7. The van der Waals surface area contributed by atoms with Gasteiger partial charge in [0.05, 0.1) is 36.1 Å². The normalized spacial score (nSPS) is 34.1. The Morgan fingerprint density at radius 2 is 1.37 bits per heavy atom. The largest absolute Gasteiger partial charge is 0.381 e. The van der Waals surface area contributed by atoms with E-state index in [1.54, 1.807) is 0 Å². The average molecular weight is 515 g/mol. The highest BCUT2D eigenvalue weighted by Crippen LogP contribution is 2.56. The minimum Gasteiger partial charge on any atom is -0.381 e. The number of ether oxygens (including phenoxy) is 6. The van der Waals surface area contributed by atoms with E-state index in [-0.39, 0.29) is 16.9 Å². The highest BCUT2D eigenvalue weighted by atomic mass is 28.1. The predicted octanol–water partition coefficient (Wildman–Crippen LogP) is 4.45. The molecule has 0 bridgehead atoms. The summed E-state index contributed by atoms with van der Waals surface area (Å²) < 4.78 is 36.8. The zero-order valence-electron chi connectivity index (χ0n) is 23.4. The van der Waals surface area contributed by atoms with Gasteiger partial charge in [-0.3, -0.25) is 0 Å². The molecule has 6 unspecified atom stereocenters. The van der Waals surface area contributed by atoms with Crippen LogP contribution in [0, 0.1) is 17.3 Å². The lowest BCUT2D eigenvalue weighted by atomic mass is 9.68. The Bertz CT molecular complexity index is 550. The Hall–Kier alpha value is -0.0231. The summed E-state index contributed by atoms with van der Waals surface area (Å²) in [4.78, 5) is 0. The molecule has 0 aromatic rings. The number of hydrogen-bond acceptors (Lipinski definition) is 6. The minimum absolute atomic E-state index is 0.0215. The maximum absolute atomic E-state index is 6.55. The van der Waals surface area contributed by atoms with E-state index in [0.29, 0.717) is 30.7 Å². The Labute approximate surface area is 217 Å². The third-order valence-corrected chi connectivity index (χ3v) is 10.8. The predicted molar refractivity (Wildman–Crippen MR) is 143 cm³/mol. The van der Waals surface area contributed by atoms with E-state index in [4.69, 9.17) is 28.4 Å². The van der Waals surface area contributed by atoms with E-state index in [1.165, 1.54) is 32.1 Å². The van der Waals surface area contributed by atoms with Crippen LogP contribution in [0.15, 0.2) is 0 Å². The van der Waals surface area contributed by atoms with E-state index in [9.17, 15) is 0 Å². The quantitative estimate of drug-likeness (QED) is 0.177. The van der Waals surface area contributed by atoms with Crippen LogP contribution in [-0.4, -0.2) is 80.2 Å². The van der Waals surface area contributed by atoms with Crippen molar-refractivity contribution in [2.45, 2.75) is 116 Å². The smallest absolute Gasteiger partial charge is 0.165 e. The van der Waals surface area contributed by atoms with E-state index in [0.717, 1.165) is 82.0 Å². The van der Waals surface area contributed by atoms with Crippen molar-refractivity contribution in [2.24, 2.45) is 17.3 Å². The molecular weight excluding hydrogens is 460 g/mol. The standard InChI is InChI=1S/C28H54O6Si/c1-5-9-10-13-28(35)27(26(34-28)31-8-4,14-18-29-20-22(6-2)24-11-16-32-24)15-19-30-21-23(7-3)25-12-17-33-25/h22-26H,5-21H2,1-4,35H3. The van der Waals surface area contributed by atoms with Crippen LogP contribution in [-0.2, 0) is 28.4 Å². The fraction of sp³-hybridized carbons (Fsp3) is 1.00. The second-order valence-electron chi connectivity index (χ2n) is 11.1. The molecule has 3 fully saturated rings. The van der Waals surface area contributed by atoms with Gasteiger partial charge in [-0.2, -0.15) is 0 Å². The molecule has 35 heavy (non-hydrogen) atoms. The van der Waals surface area contributed by atoms with Crippen molar-refractivity contribution >= 4 is 10.2 Å². The Balaban J connectivity index is 1.59. The number of rotatable bonds is 20. The van der Waals surface area contributed by atoms with Crippen molar-refractivity contribution in [2.75, 3.05) is 46.2 Å². The summed E-state index contributed by atoms with van der Waals surface area (Å²) in [5, 5.41) is -0.0583. The van der Waals surface area contributed by atoms with Gasteiger partial charge in [-0.15, -0.1) is 0 Å².